The molecule has 25 heavy (non-hydrogen) atoms. The van der Waals surface area contributed by atoms with Gasteiger partial charge in [0.2, 0.25) is 0 Å². The summed E-state index contributed by atoms with van der Waals surface area (Å²) in [5.41, 5.74) is -0.887. The molecule has 2 N–H and O–H groups in total. The van der Waals surface area contributed by atoms with Gasteiger partial charge in [0.05, 0.1) is 11.1 Å². The number of thiazole rings is 1. The quantitative estimate of drug-likeness (QED) is 0.817. The highest BCUT2D eigenvalue weighted by Gasteiger charge is 2.33. The predicted molar refractivity (Wildman–Crippen MR) is 88.5 cm³/mol. The molecule has 0 aliphatic carbocycles. The van der Waals surface area contributed by atoms with E-state index in [2.05, 4.69) is 15.2 Å². The fraction of sp³-hybridized carbons (Fsp3) is 0.733. The molecule has 1 aliphatic rings. The van der Waals surface area contributed by atoms with Crippen LogP contribution < -0.4 is 5.32 Å². The summed E-state index contributed by atoms with van der Waals surface area (Å²) in [5.74, 6) is 0. The molecule has 2 rings (SSSR count). The van der Waals surface area contributed by atoms with Crippen LogP contribution in [-0.4, -0.2) is 70.8 Å². The van der Waals surface area contributed by atoms with Gasteiger partial charge in [-0.3, -0.25) is 4.90 Å². The van der Waals surface area contributed by atoms with Crippen molar-refractivity contribution in [2.24, 2.45) is 0 Å². The molecule has 6 nitrogen and oxygen atoms in total. The molecule has 0 saturated carbocycles. The smallest absolute Gasteiger partial charge is 0.392 e. The molecule has 2 amide bonds. The van der Waals surface area contributed by atoms with E-state index >= 15 is 0 Å². The van der Waals surface area contributed by atoms with Gasteiger partial charge in [0.15, 0.2) is 5.69 Å². The average molecular weight is 380 g/mol. The molecule has 10 heteroatoms. The van der Waals surface area contributed by atoms with Crippen LogP contribution in [0.15, 0.2) is 5.38 Å². The standard InChI is InChI=1S/C15H23F3N4O2S/c1-10-7-22(6-5-21(10)8-11(2)23)14(24)19-4-3-13-20-12(9-25-13)15(16,17)18/h9-11,23H,3-8H2,1-2H3,(H,19,24)/t10-,11+/m1/s1. The number of piperazine rings is 1. The lowest BCUT2D eigenvalue weighted by Gasteiger charge is -2.40. The number of aliphatic hydroxyl groups excluding tert-OH is 1. The second kappa shape index (κ2) is 8.33. The number of urea groups is 1. The van der Waals surface area contributed by atoms with Gasteiger partial charge in [-0.25, -0.2) is 9.78 Å². The number of alkyl halides is 3. The van der Waals surface area contributed by atoms with E-state index in [0.29, 0.717) is 31.2 Å². The number of β-amino-alcohol motifs (C(OH)–C–C–N with tert-alkyl or cyclic N) is 1. The zero-order valence-electron chi connectivity index (χ0n) is 14.2. The van der Waals surface area contributed by atoms with E-state index in [9.17, 15) is 23.1 Å². The number of hydrogen-bond donors (Lipinski definition) is 2. The Morgan fingerprint density at radius 3 is 2.80 bits per heavy atom. The Hall–Kier alpha value is -1.39. The molecule has 2 heterocycles. The fourth-order valence-corrected chi connectivity index (χ4v) is 3.54. The molecule has 1 aliphatic heterocycles. The van der Waals surface area contributed by atoms with Gasteiger partial charge in [-0.05, 0) is 13.8 Å². The number of hydrogen-bond acceptors (Lipinski definition) is 5. The summed E-state index contributed by atoms with van der Waals surface area (Å²) in [6.45, 7) is 6.33. The maximum Gasteiger partial charge on any atom is 0.434 e. The van der Waals surface area contributed by atoms with Gasteiger partial charge in [0.25, 0.3) is 0 Å². The summed E-state index contributed by atoms with van der Waals surface area (Å²) in [6, 6.07) is -0.0847. The van der Waals surface area contributed by atoms with Crippen molar-refractivity contribution in [3.63, 3.8) is 0 Å². The molecule has 1 fully saturated rings. The Morgan fingerprint density at radius 1 is 1.52 bits per heavy atom. The van der Waals surface area contributed by atoms with E-state index in [1.807, 2.05) is 6.92 Å². The number of amides is 2. The van der Waals surface area contributed by atoms with Crippen molar-refractivity contribution >= 4 is 17.4 Å². The lowest BCUT2D eigenvalue weighted by Crippen LogP contribution is -2.57. The molecule has 2 atom stereocenters. The number of carbonyl (C=O) groups excluding carboxylic acids is 1. The molecule has 0 unspecified atom stereocenters. The highest BCUT2D eigenvalue weighted by atomic mass is 32.1. The van der Waals surface area contributed by atoms with Gasteiger partial charge >= 0.3 is 12.2 Å². The van der Waals surface area contributed by atoms with Crippen LogP contribution in [0.1, 0.15) is 24.5 Å². The minimum absolute atomic E-state index is 0.141. The third-order valence-corrected chi connectivity index (χ3v) is 4.92. The van der Waals surface area contributed by atoms with Crippen molar-refractivity contribution in [1.82, 2.24) is 20.1 Å². The van der Waals surface area contributed by atoms with Gasteiger partial charge in [0.1, 0.15) is 0 Å². The highest BCUT2D eigenvalue weighted by Crippen LogP contribution is 2.30. The van der Waals surface area contributed by atoms with Crippen LogP contribution in [0.2, 0.25) is 0 Å². The normalized spacial score (nSPS) is 20.6. The summed E-state index contributed by atoms with van der Waals surface area (Å²) < 4.78 is 37.5. The van der Waals surface area contributed by atoms with Crippen LogP contribution in [0.4, 0.5) is 18.0 Å². The third kappa shape index (κ3) is 5.82. The second-order valence-electron chi connectivity index (χ2n) is 6.25. The van der Waals surface area contributed by atoms with Crippen LogP contribution in [-0.2, 0) is 12.6 Å². The first-order valence-electron chi connectivity index (χ1n) is 8.13. The summed E-state index contributed by atoms with van der Waals surface area (Å²) in [5, 5.41) is 13.5. The number of carbonyl (C=O) groups is 1. The SMILES string of the molecule is C[C@H](O)CN1CCN(C(=O)NCCc2nc(C(F)(F)F)cs2)C[C@H]1C. The molecular weight excluding hydrogens is 357 g/mol. The number of nitrogens with one attached hydrogen (secondary N) is 1. The van der Waals surface area contributed by atoms with Crippen LogP contribution in [0.25, 0.3) is 0 Å². The van der Waals surface area contributed by atoms with Gasteiger partial charge in [0, 0.05) is 50.6 Å². The first kappa shape index (κ1) is 19.9. The van der Waals surface area contributed by atoms with Crippen molar-refractivity contribution in [1.29, 1.82) is 0 Å². The minimum atomic E-state index is -4.43. The number of halogens is 3. The second-order valence-corrected chi connectivity index (χ2v) is 7.19. The molecule has 1 aromatic rings. The molecule has 1 aromatic heterocycles. The lowest BCUT2D eigenvalue weighted by atomic mass is 10.2. The lowest BCUT2D eigenvalue weighted by molar-refractivity contribution is -0.140. The summed E-state index contributed by atoms with van der Waals surface area (Å²) >= 11 is 0.944. The van der Waals surface area contributed by atoms with Crippen molar-refractivity contribution in [2.45, 2.75) is 38.6 Å². The molecule has 142 valence electrons. The molecule has 0 radical (unpaired) electrons. The van der Waals surface area contributed by atoms with Crippen LogP contribution in [0, 0.1) is 0 Å². The molecule has 0 spiro atoms. The Bertz CT molecular complexity index is 579. The molecular formula is C15H23F3N4O2S. The highest BCUT2D eigenvalue weighted by molar-refractivity contribution is 7.09. The number of aliphatic hydroxyl groups is 1. The molecule has 0 bridgehead atoms. The summed E-state index contributed by atoms with van der Waals surface area (Å²) in [4.78, 5) is 19.5. The van der Waals surface area contributed by atoms with E-state index in [1.165, 1.54) is 0 Å². The zero-order chi connectivity index (χ0) is 18.6. The van der Waals surface area contributed by atoms with Crippen molar-refractivity contribution in [3.05, 3.63) is 16.1 Å². The molecule has 1 saturated heterocycles. The largest absolute Gasteiger partial charge is 0.434 e. The maximum absolute atomic E-state index is 12.5. The van der Waals surface area contributed by atoms with E-state index in [0.717, 1.165) is 16.7 Å². The van der Waals surface area contributed by atoms with Crippen molar-refractivity contribution in [2.75, 3.05) is 32.7 Å². The fourth-order valence-electron chi connectivity index (χ4n) is 2.73. The van der Waals surface area contributed by atoms with Gasteiger partial charge < -0.3 is 15.3 Å². The Kier molecular flexibility index (Phi) is 6.64. The topological polar surface area (TPSA) is 68.7 Å². The summed E-state index contributed by atoms with van der Waals surface area (Å²) in [6.07, 6.45) is -4.58. The Morgan fingerprint density at radius 2 is 2.24 bits per heavy atom. The van der Waals surface area contributed by atoms with Crippen LogP contribution in [0.3, 0.4) is 0 Å². The summed E-state index contributed by atoms with van der Waals surface area (Å²) in [7, 11) is 0. The monoisotopic (exact) mass is 380 g/mol. The maximum atomic E-state index is 12.5. The first-order valence-corrected chi connectivity index (χ1v) is 9.01. The van der Waals surface area contributed by atoms with Gasteiger partial charge in [-0.1, -0.05) is 0 Å². The Labute approximate surface area is 148 Å². The van der Waals surface area contributed by atoms with E-state index in [1.54, 1.807) is 11.8 Å². The van der Waals surface area contributed by atoms with E-state index in [-0.39, 0.29) is 25.0 Å². The average Bonchev–Trinajstić information content (AvgIpc) is 2.98. The zero-order valence-corrected chi connectivity index (χ0v) is 15.0. The first-order chi connectivity index (χ1) is 11.7. The van der Waals surface area contributed by atoms with E-state index < -0.39 is 18.0 Å². The number of aromatic nitrogens is 1. The van der Waals surface area contributed by atoms with Crippen LogP contribution >= 0.6 is 11.3 Å². The van der Waals surface area contributed by atoms with Crippen LogP contribution in [0.5, 0.6) is 0 Å². The number of rotatable bonds is 5. The van der Waals surface area contributed by atoms with Crippen molar-refractivity contribution in [3.8, 4) is 0 Å². The third-order valence-electron chi connectivity index (χ3n) is 4.01. The molecule has 0 aromatic carbocycles. The van der Waals surface area contributed by atoms with E-state index in [4.69, 9.17) is 0 Å². The Balaban J connectivity index is 1.75. The predicted octanol–water partition coefficient (Wildman–Crippen LogP) is 1.80. The van der Waals surface area contributed by atoms with Gasteiger partial charge in [-0.15, -0.1) is 11.3 Å². The number of nitrogens with zero attached hydrogens (tertiary/aromatic N) is 3. The van der Waals surface area contributed by atoms with Crippen molar-refractivity contribution < 1.29 is 23.1 Å². The van der Waals surface area contributed by atoms with Gasteiger partial charge in [-0.2, -0.15) is 13.2 Å². The minimum Gasteiger partial charge on any atom is -0.392 e.